The first-order chi connectivity index (χ1) is 13.1. The lowest BCUT2D eigenvalue weighted by atomic mass is 10.0. The molecule has 0 aromatic rings. The highest BCUT2D eigenvalue weighted by atomic mass is 16.6. The van der Waals surface area contributed by atoms with Crippen molar-refractivity contribution in [3.63, 3.8) is 0 Å². The Morgan fingerprint density at radius 2 is 0.963 bits per heavy atom. The quantitative estimate of drug-likeness (QED) is 0.0944. The Hall–Kier alpha value is -1.32. The van der Waals surface area contributed by atoms with Crippen molar-refractivity contribution < 1.29 is 19.1 Å². The number of allylic oxidation sites excluding steroid dienone is 1. The summed E-state index contributed by atoms with van der Waals surface area (Å²) in [5.41, 5.74) is 0.862. The van der Waals surface area contributed by atoms with Crippen LogP contribution < -0.4 is 0 Å². The monoisotopic (exact) mass is 382 g/mol. The summed E-state index contributed by atoms with van der Waals surface area (Å²) in [6.45, 7) is 8.08. The molecule has 0 aliphatic rings. The van der Waals surface area contributed by atoms with Gasteiger partial charge in [0.05, 0.1) is 13.2 Å². The summed E-state index contributed by atoms with van der Waals surface area (Å²) in [5, 5.41) is 0. The van der Waals surface area contributed by atoms with E-state index in [-0.39, 0.29) is 18.8 Å². The van der Waals surface area contributed by atoms with E-state index in [1.807, 2.05) is 6.92 Å². The zero-order valence-electron chi connectivity index (χ0n) is 18.2. The van der Waals surface area contributed by atoms with Crippen molar-refractivity contribution in [2.75, 3.05) is 13.2 Å². The van der Waals surface area contributed by atoms with Crippen LogP contribution in [0.5, 0.6) is 0 Å². The van der Waals surface area contributed by atoms with Crippen molar-refractivity contribution in [1.29, 1.82) is 0 Å². The molecule has 0 saturated heterocycles. The Morgan fingerprint density at radius 3 is 1.33 bits per heavy atom. The van der Waals surface area contributed by atoms with Crippen LogP contribution in [-0.4, -0.2) is 25.2 Å². The van der Waals surface area contributed by atoms with Gasteiger partial charge in [-0.05, 0) is 33.6 Å². The third-order valence-corrected chi connectivity index (χ3v) is 4.79. The molecule has 0 radical (unpaired) electrons. The molecule has 0 saturated carbocycles. The Morgan fingerprint density at radius 1 is 0.593 bits per heavy atom. The third-order valence-electron chi connectivity index (χ3n) is 4.79. The van der Waals surface area contributed by atoms with Crippen LogP contribution in [0.3, 0.4) is 0 Å². The molecule has 0 N–H and O–H groups in total. The topological polar surface area (TPSA) is 52.6 Å². The second-order valence-corrected chi connectivity index (χ2v) is 7.24. The second kappa shape index (κ2) is 18.1. The Bertz CT molecular complexity index is 406. The lowest BCUT2D eigenvalue weighted by Crippen LogP contribution is -2.20. The minimum Gasteiger partial charge on any atom is -0.462 e. The molecule has 158 valence electrons. The van der Waals surface area contributed by atoms with Gasteiger partial charge < -0.3 is 9.47 Å². The highest BCUT2D eigenvalue weighted by Gasteiger charge is 2.23. The number of esters is 2. The van der Waals surface area contributed by atoms with Gasteiger partial charge in [-0.1, -0.05) is 83.1 Å². The zero-order valence-corrected chi connectivity index (χ0v) is 18.2. The van der Waals surface area contributed by atoms with Crippen molar-refractivity contribution in [2.24, 2.45) is 0 Å². The van der Waals surface area contributed by atoms with Crippen LogP contribution in [0.4, 0.5) is 0 Å². The molecule has 4 nitrogen and oxygen atoms in total. The molecule has 0 spiro atoms. The average Bonchev–Trinajstić information content (AvgIpc) is 2.63. The predicted octanol–water partition coefficient (Wildman–Crippen LogP) is 6.52. The fraction of sp³-hybridized carbons (Fsp3) is 0.826. The zero-order chi connectivity index (χ0) is 20.3. The van der Waals surface area contributed by atoms with Gasteiger partial charge in [0.1, 0.15) is 5.57 Å². The Kier molecular flexibility index (Phi) is 17.2. The molecule has 0 aliphatic heterocycles. The molecule has 0 aliphatic carbocycles. The van der Waals surface area contributed by atoms with E-state index < -0.39 is 11.9 Å². The Balaban J connectivity index is 3.99. The standard InChI is InChI=1S/C23H42O4/c1-5-8-9-10-11-12-13-14-15-16-17-18-19-20(4)21(22(24)26-6-2)23(25)27-7-3/h5-19H2,1-4H3. The van der Waals surface area contributed by atoms with Crippen molar-refractivity contribution in [3.05, 3.63) is 11.1 Å². The van der Waals surface area contributed by atoms with Gasteiger partial charge in [-0.3, -0.25) is 0 Å². The van der Waals surface area contributed by atoms with Crippen LogP contribution in [0, 0.1) is 0 Å². The molecular weight excluding hydrogens is 340 g/mol. The summed E-state index contributed by atoms with van der Waals surface area (Å²) in [7, 11) is 0. The number of carbonyl (C=O) groups excluding carboxylic acids is 2. The van der Waals surface area contributed by atoms with E-state index in [1.54, 1.807) is 13.8 Å². The SMILES string of the molecule is CCCCCCCCCCCCCCC(C)=C(C(=O)OCC)C(=O)OCC. The van der Waals surface area contributed by atoms with E-state index in [0.717, 1.165) is 24.8 Å². The summed E-state index contributed by atoms with van der Waals surface area (Å²) >= 11 is 0. The molecule has 0 bridgehead atoms. The number of rotatable bonds is 17. The summed E-state index contributed by atoms with van der Waals surface area (Å²) in [6.07, 6.45) is 16.3. The van der Waals surface area contributed by atoms with Gasteiger partial charge in [0.25, 0.3) is 0 Å². The molecule has 4 heteroatoms. The van der Waals surface area contributed by atoms with Crippen molar-refractivity contribution in [1.82, 2.24) is 0 Å². The largest absolute Gasteiger partial charge is 0.462 e. The molecule has 0 atom stereocenters. The van der Waals surface area contributed by atoms with Crippen LogP contribution in [0.15, 0.2) is 11.1 Å². The van der Waals surface area contributed by atoms with Crippen LogP contribution in [0.25, 0.3) is 0 Å². The number of carbonyl (C=O) groups is 2. The molecular formula is C23H42O4. The Labute approximate surface area is 167 Å². The molecule has 0 heterocycles. The van der Waals surface area contributed by atoms with Crippen LogP contribution in [0.2, 0.25) is 0 Å². The van der Waals surface area contributed by atoms with Crippen molar-refractivity contribution >= 4 is 11.9 Å². The molecule has 27 heavy (non-hydrogen) atoms. The number of ether oxygens (including phenoxy) is 2. The van der Waals surface area contributed by atoms with E-state index in [2.05, 4.69) is 6.92 Å². The van der Waals surface area contributed by atoms with Gasteiger partial charge in [0, 0.05) is 0 Å². The maximum atomic E-state index is 12.0. The van der Waals surface area contributed by atoms with Crippen LogP contribution in [-0.2, 0) is 19.1 Å². The van der Waals surface area contributed by atoms with Crippen molar-refractivity contribution in [2.45, 2.75) is 111 Å². The summed E-state index contributed by atoms with van der Waals surface area (Å²) < 4.78 is 10.0. The van der Waals surface area contributed by atoms with E-state index in [4.69, 9.17) is 9.47 Å². The number of hydrogen-bond donors (Lipinski definition) is 0. The molecule has 0 unspecified atom stereocenters. The van der Waals surface area contributed by atoms with E-state index in [9.17, 15) is 9.59 Å². The summed E-state index contributed by atoms with van der Waals surface area (Å²) in [6, 6.07) is 0. The highest BCUT2D eigenvalue weighted by Crippen LogP contribution is 2.18. The molecule has 0 aromatic carbocycles. The molecule has 0 rings (SSSR count). The maximum absolute atomic E-state index is 12.0. The first-order valence-corrected chi connectivity index (χ1v) is 11.1. The smallest absolute Gasteiger partial charge is 0.345 e. The van der Waals surface area contributed by atoms with E-state index in [1.165, 1.54) is 64.2 Å². The van der Waals surface area contributed by atoms with Crippen LogP contribution >= 0.6 is 0 Å². The minimum absolute atomic E-state index is 0.0850. The first kappa shape index (κ1) is 25.7. The number of hydrogen-bond acceptors (Lipinski definition) is 4. The fourth-order valence-corrected chi connectivity index (χ4v) is 3.19. The fourth-order valence-electron chi connectivity index (χ4n) is 3.19. The lowest BCUT2D eigenvalue weighted by molar-refractivity contribution is -0.146. The number of unbranched alkanes of at least 4 members (excludes halogenated alkanes) is 11. The summed E-state index contributed by atoms with van der Waals surface area (Å²) in [4.78, 5) is 24.1. The van der Waals surface area contributed by atoms with Gasteiger partial charge in [0.15, 0.2) is 0 Å². The summed E-state index contributed by atoms with van der Waals surface area (Å²) in [5.74, 6) is -1.13. The molecule has 0 amide bonds. The van der Waals surface area contributed by atoms with Gasteiger partial charge in [-0.25, -0.2) is 9.59 Å². The maximum Gasteiger partial charge on any atom is 0.345 e. The van der Waals surface area contributed by atoms with Gasteiger partial charge in [-0.2, -0.15) is 0 Å². The van der Waals surface area contributed by atoms with Gasteiger partial charge in [-0.15, -0.1) is 0 Å². The third kappa shape index (κ3) is 13.5. The highest BCUT2D eigenvalue weighted by molar-refractivity contribution is 6.14. The van der Waals surface area contributed by atoms with E-state index >= 15 is 0 Å². The van der Waals surface area contributed by atoms with Gasteiger partial charge >= 0.3 is 11.9 Å². The predicted molar refractivity (Wildman–Crippen MR) is 112 cm³/mol. The minimum atomic E-state index is -0.563. The first-order valence-electron chi connectivity index (χ1n) is 11.1. The lowest BCUT2D eigenvalue weighted by Gasteiger charge is -2.10. The van der Waals surface area contributed by atoms with Crippen molar-refractivity contribution in [3.8, 4) is 0 Å². The van der Waals surface area contributed by atoms with E-state index in [0.29, 0.717) is 0 Å². The average molecular weight is 383 g/mol. The van der Waals surface area contributed by atoms with Gasteiger partial charge in [0.2, 0.25) is 0 Å². The molecule has 0 aromatic heterocycles. The normalized spacial score (nSPS) is 10.5. The molecule has 0 fully saturated rings. The van der Waals surface area contributed by atoms with Crippen LogP contribution in [0.1, 0.15) is 111 Å². The second-order valence-electron chi connectivity index (χ2n) is 7.24.